The van der Waals surface area contributed by atoms with E-state index in [1.165, 1.54) is 0 Å². The summed E-state index contributed by atoms with van der Waals surface area (Å²) in [5, 5.41) is 0. The van der Waals surface area contributed by atoms with E-state index in [4.69, 9.17) is 0 Å². The zero-order chi connectivity index (χ0) is 7.07. The Bertz CT molecular complexity index is 143. The summed E-state index contributed by atoms with van der Waals surface area (Å²) in [5.41, 5.74) is 0. The van der Waals surface area contributed by atoms with Gasteiger partial charge >= 0.3 is 26.2 Å². The van der Waals surface area contributed by atoms with Gasteiger partial charge in [-0.15, -0.1) is 12.8 Å². The molecule has 0 saturated heterocycles. The number of allylic oxidation sites excluding steroid dienone is 8. The van der Waals surface area contributed by atoms with Gasteiger partial charge in [-0.2, -0.15) is 12.2 Å². The van der Waals surface area contributed by atoms with E-state index in [-0.39, 0.29) is 26.2 Å². The number of hydrogen-bond donors (Lipinski definition) is 0. The van der Waals surface area contributed by atoms with Crippen molar-refractivity contribution in [2.45, 2.75) is 12.8 Å². The van der Waals surface area contributed by atoms with Gasteiger partial charge in [-0.1, -0.05) is 0 Å². The molecule has 0 aromatic carbocycles. The molecule has 1 heteroatoms. The van der Waals surface area contributed by atoms with Crippen LogP contribution in [0.2, 0.25) is 0 Å². The zero-order valence-electron chi connectivity index (χ0n) is 6.38. The van der Waals surface area contributed by atoms with Crippen molar-refractivity contribution in [2.75, 3.05) is 0 Å². The smallest absolute Gasteiger partial charge is 0.273 e. The molecule has 0 aromatic rings. The summed E-state index contributed by atoms with van der Waals surface area (Å²) >= 11 is 0. The van der Waals surface area contributed by atoms with E-state index in [1.54, 1.807) is 0 Å². The third-order valence-corrected chi connectivity index (χ3v) is 1.17. The van der Waals surface area contributed by atoms with Gasteiger partial charge in [0.2, 0.25) is 0 Å². The van der Waals surface area contributed by atoms with Gasteiger partial charge in [0.25, 0.3) is 0 Å². The maximum Gasteiger partial charge on any atom is 2.00 e. The molecular formula is C10H10Zr. The van der Waals surface area contributed by atoms with Crippen molar-refractivity contribution < 1.29 is 26.2 Å². The molecule has 11 heavy (non-hydrogen) atoms. The monoisotopic (exact) mass is 220 g/mol. The van der Waals surface area contributed by atoms with Crippen LogP contribution < -0.4 is 0 Å². The summed E-state index contributed by atoms with van der Waals surface area (Å²) in [6.45, 7) is 0. The molecule has 0 fully saturated rings. The van der Waals surface area contributed by atoms with Crippen molar-refractivity contribution in [2.24, 2.45) is 0 Å². The minimum Gasteiger partial charge on any atom is -0.273 e. The third kappa shape index (κ3) is 6.25. The van der Waals surface area contributed by atoms with Gasteiger partial charge in [0.1, 0.15) is 0 Å². The summed E-state index contributed by atoms with van der Waals surface area (Å²) in [5.74, 6) is 0. The molecular weight excluding hydrogens is 211 g/mol. The van der Waals surface area contributed by atoms with E-state index in [0.717, 1.165) is 12.8 Å². The van der Waals surface area contributed by atoms with E-state index >= 15 is 0 Å². The molecule has 0 radical (unpaired) electrons. The Balaban J connectivity index is 0.000000167. The second-order valence-electron chi connectivity index (χ2n) is 2.01. The van der Waals surface area contributed by atoms with Crippen molar-refractivity contribution in [3.05, 3.63) is 48.6 Å². The predicted octanol–water partition coefficient (Wildman–Crippen LogP) is 2.61. The van der Waals surface area contributed by atoms with Gasteiger partial charge in [-0.3, -0.25) is 12.2 Å². The zero-order valence-corrected chi connectivity index (χ0v) is 8.84. The molecule has 0 N–H and O–H groups in total. The first-order valence-electron chi connectivity index (χ1n) is 3.43. The van der Waals surface area contributed by atoms with Crippen LogP contribution in [0.5, 0.6) is 0 Å². The van der Waals surface area contributed by atoms with Crippen molar-refractivity contribution in [1.29, 1.82) is 0 Å². The Labute approximate surface area is 87.5 Å². The average Bonchev–Trinajstić information content (AvgIpc) is 2.67. The van der Waals surface area contributed by atoms with E-state index in [2.05, 4.69) is 24.3 Å². The summed E-state index contributed by atoms with van der Waals surface area (Å²) in [4.78, 5) is 0. The molecule has 2 aliphatic carbocycles. The van der Waals surface area contributed by atoms with E-state index in [9.17, 15) is 0 Å². The van der Waals surface area contributed by atoms with E-state index < -0.39 is 0 Å². The summed E-state index contributed by atoms with van der Waals surface area (Å²) in [6.07, 6.45) is 20.0. The quantitative estimate of drug-likeness (QED) is 0.552. The van der Waals surface area contributed by atoms with Crippen LogP contribution in [0.25, 0.3) is 0 Å². The average molecular weight is 221 g/mol. The molecule has 2 aliphatic rings. The second kappa shape index (κ2) is 7.94. The van der Waals surface area contributed by atoms with Crippen LogP contribution in [0, 0.1) is 12.2 Å². The third-order valence-electron chi connectivity index (χ3n) is 1.17. The summed E-state index contributed by atoms with van der Waals surface area (Å²) in [7, 11) is 0. The van der Waals surface area contributed by atoms with Gasteiger partial charge in [0, 0.05) is 0 Å². The van der Waals surface area contributed by atoms with Gasteiger partial charge in [0.15, 0.2) is 0 Å². The van der Waals surface area contributed by atoms with Gasteiger partial charge in [-0.05, 0) is 0 Å². The molecule has 0 atom stereocenters. The van der Waals surface area contributed by atoms with Gasteiger partial charge in [0.05, 0.1) is 0 Å². The first kappa shape index (κ1) is 10.8. The Morgan fingerprint density at radius 3 is 1.36 bits per heavy atom. The van der Waals surface area contributed by atoms with Crippen LogP contribution >= 0.6 is 0 Å². The number of hydrogen-bond acceptors (Lipinski definition) is 0. The van der Waals surface area contributed by atoms with Crippen LogP contribution in [0.3, 0.4) is 0 Å². The van der Waals surface area contributed by atoms with Crippen molar-refractivity contribution in [3.8, 4) is 0 Å². The molecule has 0 bridgehead atoms. The standard InChI is InChI=1S/2C5H5.Zr/c2*1-2-4-5-3-1;/h2*1-3H,4H2;/q2*-1;+2. The molecule has 2 rings (SSSR count). The molecule has 54 valence electrons. The van der Waals surface area contributed by atoms with Crippen molar-refractivity contribution in [1.82, 2.24) is 0 Å². The van der Waals surface area contributed by atoms with Crippen LogP contribution in [-0.4, -0.2) is 0 Å². The van der Waals surface area contributed by atoms with Crippen LogP contribution in [0.4, 0.5) is 0 Å². The largest absolute Gasteiger partial charge is 2.00 e. The van der Waals surface area contributed by atoms with Gasteiger partial charge in [-0.25, -0.2) is 24.3 Å². The minimum absolute atomic E-state index is 0. The summed E-state index contributed by atoms with van der Waals surface area (Å²) < 4.78 is 0. The Kier molecular flexibility index (Phi) is 7.83. The topological polar surface area (TPSA) is 0 Å². The van der Waals surface area contributed by atoms with Crippen LogP contribution in [0.1, 0.15) is 12.8 Å². The number of rotatable bonds is 0. The van der Waals surface area contributed by atoms with E-state index in [1.807, 2.05) is 24.3 Å². The molecule has 0 nitrogen and oxygen atoms in total. The fraction of sp³-hybridized carbons (Fsp3) is 0.200. The first-order valence-corrected chi connectivity index (χ1v) is 3.43. The molecule has 0 saturated carbocycles. The Hall–Kier alpha value is -0.157. The fourth-order valence-corrected chi connectivity index (χ4v) is 0.680. The van der Waals surface area contributed by atoms with Crippen molar-refractivity contribution >= 4 is 0 Å². The molecule has 0 spiro atoms. The van der Waals surface area contributed by atoms with E-state index in [0.29, 0.717) is 0 Å². The molecule has 0 unspecified atom stereocenters. The SMILES string of the molecule is [C-]1=CC=CC1.[C-]1=CC=CC1.[Zr+2]. The maximum absolute atomic E-state index is 2.99. The molecule has 0 heterocycles. The van der Waals surface area contributed by atoms with Crippen LogP contribution in [-0.2, 0) is 26.2 Å². The van der Waals surface area contributed by atoms with Gasteiger partial charge < -0.3 is 0 Å². The van der Waals surface area contributed by atoms with Crippen LogP contribution in [0.15, 0.2) is 36.5 Å². The maximum atomic E-state index is 2.99. The minimum atomic E-state index is 0. The van der Waals surface area contributed by atoms with Crippen molar-refractivity contribution in [3.63, 3.8) is 0 Å². The Morgan fingerprint density at radius 1 is 0.818 bits per heavy atom. The molecule has 0 aliphatic heterocycles. The fourth-order valence-electron chi connectivity index (χ4n) is 0.680. The second-order valence-corrected chi connectivity index (χ2v) is 2.01. The first-order chi connectivity index (χ1) is 5.00. The predicted molar refractivity (Wildman–Crippen MR) is 43.1 cm³/mol. The molecule has 0 amide bonds. The normalized spacial score (nSPS) is 16.0. The summed E-state index contributed by atoms with van der Waals surface area (Å²) in [6, 6.07) is 0. The Morgan fingerprint density at radius 2 is 1.27 bits per heavy atom. The molecule has 0 aromatic heterocycles.